The Labute approximate surface area is 145 Å². The lowest BCUT2D eigenvalue weighted by Gasteiger charge is -2.12. The van der Waals surface area contributed by atoms with Gasteiger partial charge in [0.25, 0.3) is 5.91 Å². The van der Waals surface area contributed by atoms with Crippen LogP contribution in [0.5, 0.6) is 11.5 Å². The van der Waals surface area contributed by atoms with Gasteiger partial charge in [0.05, 0.1) is 13.2 Å². The van der Waals surface area contributed by atoms with Crippen LogP contribution in [0.2, 0.25) is 0 Å². The Bertz CT molecular complexity index is 791. The van der Waals surface area contributed by atoms with Gasteiger partial charge in [0.15, 0.2) is 11.5 Å². The van der Waals surface area contributed by atoms with Crippen molar-refractivity contribution >= 4 is 29.0 Å². The molecule has 2 aromatic rings. The molecule has 2 heterocycles. The Hall–Kier alpha value is -2.53. The van der Waals surface area contributed by atoms with Crippen LogP contribution in [0.4, 0.5) is 0 Å². The minimum Gasteiger partial charge on any atom is -0.490 e. The molecule has 1 aliphatic rings. The third kappa shape index (κ3) is 3.51. The van der Waals surface area contributed by atoms with Crippen LogP contribution in [-0.2, 0) is 4.79 Å². The van der Waals surface area contributed by atoms with E-state index in [1.807, 2.05) is 61.7 Å². The number of carbonyl (C=O) groups excluding carboxylic acids is 1. The van der Waals surface area contributed by atoms with E-state index in [9.17, 15) is 4.79 Å². The molecule has 1 aliphatic heterocycles. The van der Waals surface area contributed by atoms with Crippen molar-refractivity contribution < 1.29 is 14.3 Å². The number of benzene rings is 1. The Kier molecular flexibility index (Phi) is 5.01. The topological polar surface area (TPSA) is 47.6 Å². The minimum absolute atomic E-state index is 0.0924. The number of carbonyl (C=O) groups is 1. The molecule has 0 saturated carbocycles. The van der Waals surface area contributed by atoms with E-state index in [4.69, 9.17) is 9.47 Å². The Balaban J connectivity index is 1.91. The van der Waals surface area contributed by atoms with Crippen LogP contribution < -0.4 is 14.8 Å². The Morgan fingerprint density at radius 3 is 2.62 bits per heavy atom. The Morgan fingerprint density at radius 2 is 1.92 bits per heavy atom. The molecule has 0 unspecified atom stereocenters. The molecule has 5 heteroatoms. The summed E-state index contributed by atoms with van der Waals surface area (Å²) in [6.45, 7) is 5.00. The van der Waals surface area contributed by atoms with Gasteiger partial charge in [0.2, 0.25) is 0 Å². The van der Waals surface area contributed by atoms with E-state index in [1.54, 1.807) is 11.3 Å². The summed E-state index contributed by atoms with van der Waals surface area (Å²) in [7, 11) is 0. The van der Waals surface area contributed by atoms with Crippen molar-refractivity contribution in [3.63, 3.8) is 0 Å². The smallest absolute Gasteiger partial charge is 0.255 e. The maximum absolute atomic E-state index is 12.2. The number of ether oxygens (including phenoxy) is 2. The average Bonchev–Trinajstić information content (AvgIpc) is 3.20. The first-order valence-electron chi connectivity index (χ1n) is 7.89. The molecule has 0 bridgehead atoms. The summed E-state index contributed by atoms with van der Waals surface area (Å²) in [5.41, 5.74) is 2.32. The SMILES string of the molecule is CCOc1ccc(C2=CC(=Cc3cccs3)C(=O)N2)cc1OCC. The largest absolute Gasteiger partial charge is 0.490 e. The van der Waals surface area contributed by atoms with Gasteiger partial charge >= 0.3 is 0 Å². The number of nitrogens with one attached hydrogen (secondary N) is 1. The van der Waals surface area contributed by atoms with E-state index < -0.39 is 0 Å². The summed E-state index contributed by atoms with van der Waals surface area (Å²) < 4.78 is 11.2. The first-order valence-corrected chi connectivity index (χ1v) is 8.77. The highest BCUT2D eigenvalue weighted by Crippen LogP contribution is 2.32. The van der Waals surface area contributed by atoms with Gasteiger partial charge in [-0.1, -0.05) is 6.07 Å². The van der Waals surface area contributed by atoms with Gasteiger partial charge in [-0.15, -0.1) is 11.3 Å². The quantitative estimate of drug-likeness (QED) is 0.805. The first-order chi connectivity index (χ1) is 11.7. The van der Waals surface area contributed by atoms with Crippen LogP contribution in [0, 0.1) is 0 Å². The predicted octanol–water partition coefficient (Wildman–Crippen LogP) is 4.10. The van der Waals surface area contributed by atoms with Crippen molar-refractivity contribution in [2.75, 3.05) is 13.2 Å². The lowest BCUT2D eigenvalue weighted by atomic mass is 10.1. The molecule has 0 atom stereocenters. The number of thiophene rings is 1. The van der Waals surface area contributed by atoms with Crippen molar-refractivity contribution in [2.45, 2.75) is 13.8 Å². The van der Waals surface area contributed by atoms with E-state index in [1.165, 1.54) is 0 Å². The van der Waals surface area contributed by atoms with Crippen LogP contribution in [0.3, 0.4) is 0 Å². The van der Waals surface area contributed by atoms with Gasteiger partial charge in [-0.25, -0.2) is 0 Å². The number of hydrogen-bond acceptors (Lipinski definition) is 4. The highest BCUT2D eigenvalue weighted by Gasteiger charge is 2.20. The van der Waals surface area contributed by atoms with Crippen LogP contribution in [0.1, 0.15) is 24.3 Å². The van der Waals surface area contributed by atoms with Gasteiger partial charge in [0, 0.05) is 21.7 Å². The van der Waals surface area contributed by atoms with Gasteiger partial charge in [-0.05, 0) is 55.6 Å². The van der Waals surface area contributed by atoms with E-state index in [0.29, 0.717) is 30.3 Å². The molecule has 1 amide bonds. The molecule has 0 spiro atoms. The fraction of sp³-hybridized carbons (Fsp3) is 0.211. The van der Waals surface area contributed by atoms with Crippen LogP contribution in [-0.4, -0.2) is 19.1 Å². The molecule has 0 aliphatic carbocycles. The molecule has 4 nitrogen and oxygen atoms in total. The van der Waals surface area contributed by atoms with E-state index in [0.717, 1.165) is 16.1 Å². The summed E-state index contributed by atoms with van der Waals surface area (Å²) in [4.78, 5) is 13.2. The van der Waals surface area contributed by atoms with Crippen molar-refractivity contribution in [1.82, 2.24) is 5.32 Å². The van der Waals surface area contributed by atoms with Crippen LogP contribution >= 0.6 is 11.3 Å². The summed E-state index contributed by atoms with van der Waals surface area (Å²) in [5, 5.41) is 4.91. The van der Waals surface area contributed by atoms with Crippen LogP contribution in [0.15, 0.2) is 47.4 Å². The molecule has 0 fully saturated rings. The summed E-state index contributed by atoms with van der Waals surface area (Å²) in [6.07, 6.45) is 3.76. The van der Waals surface area contributed by atoms with Crippen molar-refractivity contribution in [3.8, 4) is 11.5 Å². The summed E-state index contributed by atoms with van der Waals surface area (Å²) in [6, 6.07) is 9.65. The zero-order chi connectivity index (χ0) is 16.9. The maximum atomic E-state index is 12.2. The zero-order valence-electron chi connectivity index (χ0n) is 13.7. The van der Waals surface area contributed by atoms with Gasteiger partial charge in [-0.3, -0.25) is 4.79 Å². The highest BCUT2D eigenvalue weighted by molar-refractivity contribution is 7.10. The Morgan fingerprint density at radius 1 is 1.12 bits per heavy atom. The van der Waals surface area contributed by atoms with Crippen molar-refractivity contribution in [3.05, 3.63) is 57.8 Å². The highest BCUT2D eigenvalue weighted by atomic mass is 32.1. The molecule has 1 N–H and O–H groups in total. The lowest BCUT2D eigenvalue weighted by molar-refractivity contribution is -0.115. The number of rotatable bonds is 6. The molecule has 3 rings (SSSR count). The second-order valence-electron chi connectivity index (χ2n) is 5.15. The molecule has 124 valence electrons. The molecule has 1 aromatic carbocycles. The van der Waals surface area contributed by atoms with Crippen LogP contribution in [0.25, 0.3) is 11.8 Å². The maximum Gasteiger partial charge on any atom is 0.255 e. The van der Waals surface area contributed by atoms with Crippen molar-refractivity contribution in [2.24, 2.45) is 0 Å². The number of amides is 1. The molecular weight excluding hydrogens is 322 g/mol. The third-order valence-electron chi connectivity index (χ3n) is 3.51. The number of hydrogen-bond donors (Lipinski definition) is 1. The zero-order valence-corrected chi connectivity index (χ0v) is 14.5. The molecule has 0 radical (unpaired) electrons. The fourth-order valence-electron chi connectivity index (χ4n) is 2.46. The molecule has 1 aromatic heterocycles. The second-order valence-corrected chi connectivity index (χ2v) is 6.13. The normalized spacial score (nSPS) is 15.3. The summed E-state index contributed by atoms with van der Waals surface area (Å²) in [5.74, 6) is 1.30. The summed E-state index contributed by atoms with van der Waals surface area (Å²) >= 11 is 1.60. The monoisotopic (exact) mass is 341 g/mol. The molecule has 24 heavy (non-hydrogen) atoms. The van der Waals surface area contributed by atoms with E-state index in [2.05, 4.69) is 5.32 Å². The van der Waals surface area contributed by atoms with Gasteiger partial charge in [0.1, 0.15) is 0 Å². The lowest BCUT2D eigenvalue weighted by Crippen LogP contribution is -2.15. The average molecular weight is 341 g/mol. The molecule has 0 saturated heterocycles. The fourth-order valence-corrected chi connectivity index (χ4v) is 3.13. The molecular formula is C19H19NO3S. The standard InChI is InChI=1S/C19H19NO3S/c1-3-22-17-8-7-13(12-18(17)23-4-2)16-11-14(19(21)20-16)10-15-6-5-9-24-15/h5-12H,3-4H2,1-2H3,(H,20,21). The van der Waals surface area contributed by atoms with Gasteiger partial charge < -0.3 is 14.8 Å². The third-order valence-corrected chi connectivity index (χ3v) is 4.32. The second kappa shape index (κ2) is 7.36. The van der Waals surface area contributed by atoms with E-state index >= 15 is 0 Å². The first kappa shape index (κ1) is 16.3. The van der Waals surface area contributed by atoms with E-state index in [-0.39, 0.29) is 5.91 Å². The predicted molar refractivity (Wildman–Crippen MR) is 97.2 cm³/mol. The van der Waals surface area contributed by atoms with Gasteiger partial charge in [-0.2, -0.15) is 0 Å². The minimum atomic E-state index is -0.0924. The van der Waals surface area contributed by atoms with Crippen molar-refractivity contribution in [1.29, 1.82) is 0 Å².